The van der Waals surface area contributed by atoms with Crippen LogP contribution in [-0.4, -0.2) is 30.9 Å². The average Bonchev–Trinajstić information content (AvgIpc) is 2.61. The lowest BCUT2D eigenvalue weighted by atomic mass is 10.1. The third-order valence-corrected chi connectivity index (χ3v) is 5.59. The molecule has 1 heterocycles. The predicted molar refractivity (Wildman–Crippen MR) is 73.0 cm³/mol. The molecule has 0 aliphatic carbocycles. The van der Waals surface area contributed by atoms with Gasteiger partial charge in [0.05, 0.1) is 12.2 Å². The highest BCUT2D eigenvalue weighted by molar-refractivity contribution is 14.1. The molecule has 1 aliphatic heterocycles. The first-order chi connectivity index (χ1) is 8.00. The van der Waals surface area contributed by atoms with Crippen LogP contribution in [0.1, 0.15) is 12.0 Å². The third-order valence-electron chi connectivity index (χ3n) is 2.68. The lowest BCUT2D eigenvalue weighted by molar-refractivity contribution is -0.125. The van der Waals surface area contributed by atoms with Crippen molar-refractivity contribution in [3.63, 3.8) is 0 Å². The summed E-state index contributed by atoms with van der Waals surface area (Å²) < 4.78 is 25.2. The summed E-state index contributed by atoms with van der Waals surface area (Å²) in [6, 6.07) is 7.50. The van der Waals surface area contributed by atoms with Crippen molar-refractivity contribution in [2.75, 3.05) is 12.3 Å². The summed E-state index contributed by atoms with van der Waals surface area (Å²) in [5.74, 6) is -0.239. The zero-order valence-electron chi connectivity index (χ0n) is 9.10. The lowest BCUT2D eigenvalue weighted by Gasteiger charge is -2.15. The molecule has 0 saturated carbocycles. The SMILES string of the molecule is O=C(Cc1ccccc1I)N1CCCS1(=O)=O. The second-order valence-electron chi connectivity index (χ2n) is 3.90. The maximum absolute atomic E-state index is 11.9. The van der Waals surface area contributed by atoms with Gasteiger partial charge in [0.25, 0.3) is 0 Å². The number of amides is 1. The van der Waals surface area contributed by atoms with Crippen LogP contribution in [0, 0.1) is 3.57 Å². The van der Waals surface area contributed by atoms with E-state index in [2.05, 4.69) is 22.6 Å². The van der Waals surface area contributed by atoms with Crippen molar-refractivity contribution in [2.45, 2.75) is 12.8 Å². The highest BCUT2D eigenvalue weighted by Crippen LogP contribution is 2.18. The van der Waals surface area contributed by atoms with Crippen LogP contribution < -0.4 is 0 Å². The Morgan fingerprint density at radius 3 is 2.65 bits per heavy atom. The van der Waals surface area contributed by atoms with Crippen LogP contribution in [0.25, 0.3) is 0 Å². The Labute approximate surface area is 114 Å². The fourth-order valence-electron chi connectivity index (χ4n) is 1.81. The molecule has 17 heavy (non-hydrogen) atoms. The van der Waals surface area contributed by atoms with Crippen LogP contribution in [0.3, 0.4) is 0 Å². The van der Waals surface area contributed by atoms with Crippen LogP contribution >= 0.6 is 22.6 Å². The number of hydrogen-bond acceptors (Lipinski definition) is 3. The van der Waals surface area contributed by atoms with Gasteiger partial charge < -0.3 is 0 Å². The van der Waals surface area contributed by atoms with Crippen molar-refractivity contribution in [2.24, 2.45) is 0 Å². The summed E-state index contributed by atoms with van der Waals surface area (Å²) >= 11 is 2.15. The summed E-state index contributed by atoms with van der Waals surface area (Å²) in [7, 11) is -3.34. The number of carbonyl (C=O) groups excluding carboxylic acids is 1. The standard InChI is InChI=1S/C11H12INO3S/c12-10-5-2-1-4-9(10)8-11(14)13-6-3-7-17(13,15)16/h1-2,4-5H,3,6-8H2. The highest BCUT2D eigenvalue weighted by atomic mass is 127. The van der Waals surface area contributed by atoms with Gasteiger partial charge in [-0.05, 0) is 40.6 Å². The molecule has 1 fully saturated rings. The topological polar surface area (TPSA) is 54.5 Å². The number of nitrogens with zero attached hydrogens (tertiary/aromatic N) is 1. The molecular formula is C11H12INO3S. The van der Waals surface area contributed by atoms with Crippen LogP contribution in [0.4, 0.5) is 0 Å². The number of benzene rings is 1. The van der Waals surface area contributed by atoms with Gasteiger partial charge in [-0.3, -0.25) is 4.79 Å². The normalized spacial score (nSPS) is 18.3. The first-order valence-corrected chi connectivity index (χ1v) is 7.96. The Bertz CT molecular complexity index is 541. The highest BCUT2D eigenvalue weighted by Gasteiger charge is 2.32. The first-order valence-electron chi connectivity index (χ1n) is 5.27. The van der Waals surface area contributed by atoms with Crippen molar-refractivity contribution in [3.05, 3.63) is 33.4 Å². The third kappa shape index (κ3) is 2.79. The van der Waals surface area contributed by atoms with Crippen LogP contribution in [0.5, 0.6) is 0 Å². The summed E-state index contributed by atoms with van der Waals surface area (Å²) in [5, 5.41) is 0. The molecule has 1 amide bonds. The summed E-state index contributed by atoms with van der Waals surface area (Å²) in [5.41, 5.74) is 0.875. The van der Waals surface area contributed by atoms with E-state index in [-0.39, 0.29) is 18.1 Å². The van der Waals surface area contributed by atoms with E-state index in [1.54, 1.807) is 0 Å². The van der Waals surface area contributed by atoms with Crippen molar-refractivity contribution in [1.29, 1.82) is 0 Å². The largest absolute Gasteiger partial charge is 0.273 e. The molecule has 0 N–H and O–H groups in total. The molecule has 1 aromatic rings. The maximum Gasteiger partial charge on any atom is 0.240 e. The minimum atomic E-state index is -3.34. The summed E-state index contributed by atoms with van der Waals surface area (Å²) in [6.45, 7) is 0.324. The van der Waals surface area contributed by atoms with E-state index in [1.807, 2.05) is 24.3 Å². The minimum Gasteiger partial charge on any atom is -0.273 e. The Balaban J connectivity index is 2.16. The molecule has 1 saturated heterocycles. The van der Waals surface area contributed by atoms with E-state index in [4.69, 9.17) is 0 Å². The van der Waals surface area contributed by atoms with Gasteiger partial charge in [-0.1, -0.05) is 18.2 Å². The summed E-state index contributed by atoms with van der Waals surface area (Å²) in [6.07, 6.45) is 0.693. The lowest BCUT2D eigenvalue weighted by Crippen LogP contribution is -2.33. The van der Waals surface area contributed by atoms with Gasteiger partial charge >= 0.3 is 0 Å². The van der Waals surface area contributed by atoms with Crippen LogP contribution in [-0.2, 0) is 21.2 Å². The number of halogens is 1. The van der Waals surface area contributed by atoms with Gasteiger partial charge in [-0.2, -0.15) is 0 Å². The molecule has 0 radical (unpaired) electrons. The number of sulfonamides is 1. The smallest absolute Gasteiger partial charge is 0.240 e. The first kappa shape index (κ1) is 12.8. The quantitative estimate of drug-likeness (QED) is 0.745. The van der Waals surface area contributed by atoms with Gasteiger partial charge in [0.2, 0.25) is 15.9 Å². The fourth-order valence-corrected chi connectivity index (χ4v) is 3.89. The van der Waals surface area contributed by atoms with Crippen molar-refractivity contribution < 1.29 is 13.2 Å². The van der Waals surface area contributed by atoms with Crippen molar-refractivity contribution >= 4 is 38.5 Å². The van der Waals surface area contributed by atoms with E-state index in [9.17, 15) is 13.2 Å². The molecule has 0 aromatic heterocycles. The molecule has 0 atom stereocenters. The van der Waals surface area contributed by atoms with Crippen molar-refractivity contribution in [1.82, 2.24) is 4.31 Å². The minimum absolute atomic E-state index is 0.0879. The molecule has 6 heteroatoms. The molecule has 92 valence electrons. The second kappa shape index (κ2) is 4.93. The maximum atomic E-state index is 11.9. The monoisotopic (exact) mass is 365 g/mol. The van der Waals surface area contributed by atoms with Crippen LogP contribution in [0.2, 0.25) is 0 Å². The Kier molecular flexibility index (Phi) is 3.72. The van der Waals surface area contributed by atoms with Crippen molar-refractivity contribution in [3.8, 4) is 0 Å². The van der Waals surface area contributed by atoms with Gasteiger partial charge in [-0.25, -0.2) is 12.7 Å². The number of hydrogen-bond donors (Lipinski definition) is 0. The van der Waals surface area contributed by atoms with E-state index in [0.717, 1.165) is 13.4 Å². The van der Waals surface area contributed by atoms with Gasteiger partial charge in [0.15, 0.2) is 0 Å². The molecule has 4 nitrogen and oxygen atoms in total. The molecule has 0 spiro atoms. The number of rotatable bonds is 2. The van der Waals surface area contributed by atoms with E-state index >= 15 is 0 Å². The van der Waals surface area contributed by atoms with E-state index < -0.39 is 10.0 Å². The zero-order chi connectivity index (χ0) is 12.5. The second-order valence-corrected chi connectivity index (χ2v) is 7.08. The molecule has 0 bridgehead atoms. The fraction of sp³-hybridized carbons (Fsp3) is 0.364. The average molecular weight is 365 g/mol. The molecule has 0 unspecified atom stereocenters. The molecule has 1 aromatic carbocycles. The van der Waals surface area contributed by atoms with Gasteiger partial charge in [-0.15, -0.1) is 0 Å². The molecule has 1 aliphatic rings. The molecular weight excluding hydrogens is 353 g/mol. The van der Waals surface area contributed by atoms with Gasteiger partial charge in [0.1, 0.15) is 0 Å². The zero-order valence-corrected chi connectivity index (χ0v) is 12.1. The van der Waals surface area contributed by atoms with E-state index in [1.165, 1.54) is 0 Å². The Morgan fingerprint density at radius 1 is 1.35 bits per heavy atom. The van der Waals surface area contributed by atoms with E-state index in [0.29, 0.717) is 13.0 Å². The summed E-state index contributed by atoms with van der Waals surface area (Å²) in [4.78, 5) is 11.9. The predicted octanol–water partition coefficient (Wildman–Crippen LogP) is 1.40. The Hall–Kier alpha value is -0.630. The number of carbonyl (C=O) groups is 1. The Morgan fingerprint density at radius 2 is 2.06 bits per heavy atom. The molecule has 2 rings (SSSR count). The van der Waals surface area contributed by atoms with Crippen LogP contribution in [0.15, 0.2) is 24.3 Å². The van der Waals surface area contributed by atoms with Gasteiger partial charge in [0, 0.05) is 10.1 Å².